The van der Waals surface area contributed by atoms with Crippen LogP contribution in [0.4, 0.5) is 23.7 Å². The van der Waals surface area contributed by atoms with Crippen molar-refractivity contribution >= 4 is 11.8 Å². The Balaban J connectivity index is 1.87. The number of amides is 1. The van der Waals surface area contributed by atoms with Crippen molar-refractivity contribution in [2.75, 3.05) is 25.0 Å². The molecule has 7 heteroatoms. The molecule has 0 saturated carbocycles. The van der Waals surface area contributed by atoms with Crippen molar-refractivity contribution in [3.05, 3.63) is 29.8 Å². The van der Waals surface area contributed by atoms with Crippen LogP contribution in [0.5, 0.6) is 0 Å². The standard InChI is InChI=1S/C13H15F3N2O2/c14-13(15,16)10-2-1-3-11(6-10)18-12(19)20-8-9-4-5-17-7-9/h1-3,6,9,17H,4-5,7-8H2,(H,18,19). The summed E-state index contributed by atoms with van der Waals surface area (Å²) >= 11 is 0. The first-order valence-electron chi connectivity index (χ1n) is 6.27. The molecule has 0 bridgehead atoms. The molecule has 2 rings (SSSR count). The van der Waals surface area contributed by atoms with Crippen LogP contribution >= 0.6 is 0 Å². The molecule has 1 fully saturated rings. The van der Waals surface area contributed by atoms with Gasteiger partial charge in [0, 0.05) is 18.2 Å². The zero-order chi connectivity index (χ0) is 14.6. The van der Waals surface area contributed by atoms with Crippen molar-refractivity contribution in [2.24, 2.45) is 5.92 Å². The molecule has 1 aliphatic rings. The number of benzene rings is 1. The Morgan fingerprint density at radius 1 is 1.45 bits per heavy atom. The lowest BCUT2D eigenvalue weighted by Gasteiger charge is -2.12. The number of nitrogens with one attached hydrogen (secondary N) is 2. The smallest absolute Gasteiger partial charge is 0.416 e. The third-order valence-electron chi connectivity index (χ3n) is 3.05. The first kappa shape index (κ1) is 14.6. The summed E-state index contributed by atoms with van der Waals surface area (Å²) < 4.78 is 42.5. The lowest BCUT2D eigenvalue weighted by Crippen LogP contribution is -2.20. The second-order valence-electron chi connectivity index (χ2n) is 4.66. The van der Waals surface area contributed by atoms with E-state index in [2.05, 4.69) is 10.6 Å². The lowest BCUT2D eigenvalue weighted by atomic mass is 10.1. The second kappa shape index (κ2) is 6.13. The van der Waals surface area contributed by atoms with Crippen LogP contribution in [0, 0.1) is 5.92 Å². The fourth-order valence-electron chi connectivity index (χ4n) is 1.98. The molecule has 1 aromatic carbocycles. The molecule has 1 aromatic rings. The Hall–Kier alpha value is -1.76. The van der Waals surface area contributed by atoms with E-state index in [1.165, 1.54) is 12.1 Å². The van der Waals surface area contributed by atoms with E-state index < -0.39 is 17.8 Å². The van der Waals surface area contributed by atoms with Gasteiger partial charge < -0.3 is 10.1 Å². The number of anilines is 1. The number of hydrogen-bond acceptors (Lipinski definition) is 3. The molecule has 1 saturated heterocycles. The SMILES string of the molecule is O=C(Nc1cccc(C(F)(F)F)c1)OCC1CCNC1. The highest BCUT2D eigenvalue weighted by Crippen LogP contribution is 2.30. The van der Waals surface area contributed by atoms with E-state index in [0.29, 0.717) is 0 Å². The molecule has 4 nitrogen and oxygen atoms in total. The fourth-order valence-corrected chi connectivity index (χ4v) is 1.98. The summed E-state index contributed by atoms with van der Waals surface area (Å²) in [4.78, 5) is 11.5. The number of hydrogen-bond donors (Lipinski definition) is 2. The monoisotopic (exact) mass is 288 g/mol. The highest BCUT2D eigenvalue weighted by molar-refractivity contribution is 5.84. The van der Waals surface area contributed by atoms with E-state index in [4.69, 9.17) is 4.74 Å². The average Bonchev–Trinajstić information content (AvgIpc) is 2.89. The molecule has 1 unspecified atom stereocenters. The molecule has 20 heavy (non-hydrogen) atoms. The number of ether oxygens (including phenoxy) is 1. The largest absolute Gasteiger partial charge is 0.449 e. The number of rotatable bonds is 3. The molecule has 1 amide bonds. The summed E-state index contributed by atoms with van der Waals surface area (Å²) in [5, 5.41) is 5.43. The van der Waals surface area contributed by atoms with Crippen LogP contribution in [0.2, 0.25) is 0 Å². The van der Waals surface area contributed by atoms with Gasteiger partial charge in [-0.1, -0.05) is 6.07 Å². The molecule has 2 N–H and O–H groups in total. The van der Waals surface area contributed by atoms with Gasteiger partial charge >= 0.3 is 12.3 Å². The molecule has 0 radical (unpaired) electrons. The van der Waals surface area contributed by atoms with Gasteiger partial charge in [0.2, 0.25) is 0 Å². The highest BCUT2D eigenvalue weighted by atomic mass is 19.4. The van der Waals surface area contributed by atoms with Gasteiger partial charge in [-0.3, -0.25) is 5.32 Å². The average molecular weight is 288 g/mol. The topological polar surface area (TPSA) is 50.4 Å². The van der Waals surface area contributed by atoms with E-state index in [-0.39, 0.29) is 18.2 Å². The predicted molar refractivity (Wildman–Crippen MR) is 67.4 cm³/mol. The highest BCUT2D eigenvalue weighted by Gasteiger charge is 2.30. The molecule has 110 valence electrons. The van der Waals surface area contributed by atoms with Crippen LogP contribution in [0.3, 0.4) is 0 Å². The maximum atomic E-state index is 12.5. The predicted octanol–water partition coefficient (Wildman–Crippen LogP) is 2.86. The molecular formula is C13H15F3N2O2. The second-order valence-corrected chi connectivity index (χ2v) is 4.66. The minimum atomic E-state index is -4.43. The van der Waals surface area contributed by atoms with Crippen molar-refractivity contribution in [1.29, 1.82) is 0 Å². The molecule has 0 aromatic heterocycles. The van der Waals surface area contributed by atoms with Gasteiger partial charge in [0.05, 0.1) is 12.2 Å². The minimum absolute atomic E-state index is 0.0642. The van der Waals surface area contributed by atoms with E-state index in [0.717, 1.165) is 31.6 Å². The van der Waals surface area contributed by atoms with Gasteiger partial charge in [-0.2, -0.15) is 13.2 Å². The zero-order valence-electron chi connectivity index (χ0n) is 10.7. The van der Waals surface area contributed by atoms with Crippen molar-refractivity contribution in [1.82, 2.24) is 5.32 Å². The number of carbonyl (C=O) groups is 1. The van der Waals surface area contributed by atoms with Gasteiger partial charge in [-0.25, -0.2) is 4.79 Å². The van der Waals surface area contributed by atoms with Gasteiger partial charge in [-0.05, 0) is 31.2 Å². The minimum Gasteiger partial charge on any atom is -0.449 e. The van der Waals surface area contributed by atoms with Crippen molar-refractivity contribution in [3.63, 3.8) is 0 Å². The van der Waals surface area contributed by atoms with Crippen LogP contribution in [0.25, 0.3) is 0 Å². The number of carbonyl (C=O) groups excluding carboxylic acids is 1. The summed E-state index contributed by atoms with van der Waals surface area (Å²) in [6.07, 6.45) is -4.25. The maximum Gasteiger partial charge on any atom is 0.416 e. The van der Waals surface area contributed by atoms with E-state index in [1.54, 1.807) is 0 Å². The van der Waals surface area contributed by atoms with Crippen molar-refractivity contribution < 1.29 is 22.7 Å². The molecule has 0 spiro atoms. The van der Waals surface area contributed by atoms with E-state index in [9.17, 15) is 18.0 Å². The summed E-state index contributed by atoms with van der Waals surface area (Å²) in [5.74, 6) is 0.266. The third kappa shape index (κ3) is 4.12. The fraction of sp³-hybridized carbons (Fsp3) is 0.462. The lowest BCUT2D eigenvalue weighted by molar-refractivity contribution is -0.137. The normalized spacial score (nSPS) is 18.9. The maximum absolute atomic E-state index is 12.5. The molecular weight excluding hydrogens is 273 g/mol. The quantitative estimate of drug-likeness (QED) is 0.899. The Bertz CT molecular complexity index is 471. The van der Waals surface area contributed by atoms with Gasteiger partial charge in [0.15, 0.2) is 0 Å². The van der Waals surface area contributed by atoms with Crippen molar-refractivity contribution in [3.8, 4) is 0 Å². The number of halogens is 3. The number of alkyl halides is 3. The Morgan fingerprint density at radius 3 is 2.90 bits per heavy atom. The van der Waals surface area contributed by atoms with Crippen LogP contribution < -0.4 is 10.6 Å². The molecule has 0 aliphatic carbocycles. The molecule has 1 heterocycles. The first-order valence-corrected chi connectivity index (χ1v) is 6.27. The zero-order valence-corrected chi connectivity index (χ0v) is 10.7. The first-order chi connectivity index (χ1) is 9.45. The summed E-state index contributed by atoms with van der Waals surface area (Å²) in [6.45, 7) is 1.94. The van der Waals surface area contributed by atoms with Gasteiger partial charge in [-0.15, -0.1) is 0 Å². The van der Waals surface area contributed by atoms with Crippen LogP contribution in [0.1, 0.15) is 12.0 Å². The Kier molecular flexibility index (Phi) is 4.49. The van der Waals surface area contributed by atoms with Gasteiger partial charge in [0.25, 0.3) is 0 Å². The summed E-state index contributed by atoms with van der Waals surface area (Å²) in [7, 11) is 0. The van der Waals surface area contributed by atoms with Crippen LogP contribution in [0.15, 0.2) is 24.3 Å². The summed E-state index contributed by atoms with van der Waals surface area (Å²) in [5.41, 5.74) is -0.746. The van der Waals surface area contributed by atoms with Crippen LogP contribution in [-0.2, 0) is 10.9 Å². The summed E-state index contributed by atoms with van der Waals surface area (Å²) in [6, 6.07) is 4.44. The van der Waals surface area contributed by atoms with Crippen molar-refractivity contribution in [2.45, 2.75) is 12.6 Å². The molecule has 1 atom stereocenters. The Morgan fingerprint density at radius 2 is 2.25 bits per heavy atom. The Labute approximate surface area is 114 Å². The van der Waals surface area contributed by atoms with E-state index >= 15 is 0 Å². The van der Waals surface area contributed by atoms with Crippen LogP contribution in [-0.4, -0.2) is 25.8 Å². The molecule has 1 aliphatic heterocycles. The van der Waals surface area contributed by atoms with Gasteiger partial charge in [0.1, 0.15) is 0 Å². The van der Waals surface area contributed by atoms with E-state index in [1.807, 2.05) is 0 Å². The third-order valence-corrected chi connectivity index (χ3v) is 3.05.